The smallest absolute Gasteiger partial charge is 0.213 e. The molecule has 4 heteroatoms. The van der Waals surface area contributed by atoms with Crippen LogP contribution >= 0.6 is 15.9 Å². The van der Waals surface area contributed by atoms with E-state index < -0.39 is 0 Å². The highest BCUT2D eigenvalue weighted by Crippen LogP contribution is 2.09. The highest BCUT2D eigenvalue weighted by atomic mass is 79.9. The molecule has 0 aliphatic heterocycles. The fourth-order valence-electron chi connectivity index (χ4n) is 1.37. The minimum atomic E-state index is 0.466. The van der Waals surface area contributed by atoms with E-state index in [4.69, 9.17) is 4.74 Å². The average molecular weight is 287 g/mol. The number of alkyl halides is 1. The van der Waals surface area contributed by atoms with Gasteiger partial charge in [-0.1, -0.05) is 35.8 Å². The van der Waals surface area contributed by atoms with Gasteiger partial charge in [0.1, 0.15) is 0 Å². The lowest BCUT2D eigenvalue weighted by Crippen LogP contribution is -2.34. The summed E-state index contributed by atoms with van der Waals surface area (Å²) < 4.78 is 5.09. The topological polar surface area (TPSA) is 34.1 Å². The third-order valence-corrected chi connectivity index (χ3v) is 3.20. The Balaban J connectivity index is 2.53. The summed E-state index contributed by atoms with van der Waals surface area (Å²) in [5.74, 6) is 1.27. The van der Waals surface area contributed by atoms with Gasteiger partial charge in [0.25, 0.3) is 0 Å². The van der Waals surface area contributed by atoms with E-state index in [1.54, 1.807) is 7.11 Å². The van der Waals surface area contributed by atoms with E-state index >= 15 is 0 Å². The molecule has 1 heterocycles. The Labute approximate surface area is 106 Å². The maximum Gasteiger partial charge on any atom is 0.213 e. The van der Waals surface area contributed by atoms with Crippen LogP contribution in [-0.4, -0.2) is 23.5 Å². The van der Waals surface area contributed by atoms with Crippen molar-refractivity contribution in [3.63, 3.8) is 0 Å². The summed E-state index contributed by atoms with van der Waals surface area (Å²) in [7, 11) is 1.63. The summed E-state index contributed by atoms with van der Waals surface area (Å²) in [4.78, 5) is 4.36. The van der Waals surface area contributed by atoms with Crippen LogP contribution in [0.1, 0.15) is 19.5 Å². The van der Waals surface area contributed by atoms with Crippen LogP contribution in [0.3, 0.4) is 0 Å². The molecule has 0 aromatic carbocycles. The molecule has 1 aromatic heterocycles. The SMILES string of the molecule is COc1cccc(CNC(CBr)C(C)C)n1. The van der Waals surface area contributed by atoms with E-state index in [2.05, 4.69) is 40.1 Å². The van der Waals surface area contributed by atoms with E-state index in [1.807, 2.05) is 18.2 Å². The molecular weight excluding hydrogens is 268 g/mol. The Morgan fingerprint density at radius 2 is 2.19 bits per heavy atom. The van der Waals surface area contributed by atoms with Crippen LogP contribution in [0.25, 0.3) is 0 Å². The van der Waals surface area contributed by atoms with Crippen molar-refractivity contribution in [3.8, 4) is 5.88 Å². The van der Waals surface area contributed by atoms with E-state index in [0.717, 1.165) is 17.6 Å². The zero-order valence-electron chi connectivity index (χ0n) is 10.0. The number of ether oxygens (including phenoxy) is 1. The first-order valence-corrected chi connectivity index (χ1v) is 6.58. The van der Waals surface area contributed by atoms with Gasteiger partial charge < -0.3 is 10.1 Å². The summed E-state index contributed by atoms with van der Waals surface area (Å²) in [6, 6.07) is 6.28. The summed E-state index contributed by atoms with van der Waals surface area (Å²) in [5.41, 5.74) is 1.01. The summed E-state index contributed by atoms with van der Waals surface area (Å²) >= 11 is 3.51. The van der Waals surface area contributed by atoms with Gasteiger partial charge in [0.15, 0.2) is 0 Å². The van der Waals surface area contributed by atoms with E-state index in [-0.39, 0.29) is 0 Å². The predicted octanol–water partition coefficient (Wildman–Crippen LogP) is 2.60. The van der Waals surface area contributed by atoms with Gasteiger partial charge in [-0.05, 0) is 12.0 Å². The molecule has 16 heavy (non-hydrogen) atoms. The molecule has 1 N–H and O–H groups in total. The molecule has 0 bridgehead atoms. The first-order chi connectivity index (χ1) is 7.67. The molecule has 1 atom stereocenters. The monoisotopic (exact) mass is 286 g/mol. The van der Waals surface area contributed by atoms with Crippen LogP contribution in [0.2, 0.25) is 0 Å². The number of rotatable bonds is 6. The largest absolute Gasteiger partial charge is 0.481 e. The summed E-state index contributed by atoms with van der Waals surface area (Å²) in [6.45, 7) is 5.18. The van der Waals surface area contributed by atoms with Gasteiger partial charge in [-0.3, -0.25) is 0 Å². The number of aromatic nitrogens is 1. The van der Waals surface area contributed by atoms with Gasteiger partial charge in [-0.25, -0.2) is 4.98 Å². The van der Waals surface area contributed by atoms with Crippen molar-refractivity contribution in [3.05, 3.63) is 23.9 Å². The molecule has 3 nitrogen and oxygen atoms in total. The first-order valence-electron chi connectivity index (χ1n) is 5.46. The molecule has 0 saturated carbocycles. The molecule has 0 aliphatic rings. The van der Waals surface area contributed by atoms with Crippen molar-refractivity contribution in [2.45, 2.75) is 26.4 Å². The molecule has 0 amide bonds. The Morgan fingerprint density at radius 1 is 1.44 bits per heavy atom. The zero-order valence-corrected chi connectivity index (χ0v) is 11.6. The third kappa shape index (κ3) is 4.10. The van der Waals surface area contributed by atoms with Crippen LogP contribution < -0.4 is 10.1 Å². The van der Waals surface area contributed by atoms with Gasteiger partial charge in [-0.15, -0.1) is 0 Å². The number of halogens is 1. The second-order valence-corrected chi connectivity index (χ2v) is 4.70. The van der Waals surface area contributed by atoms with Gasteiger partial charge in [0.05, 0.1) is 12.8 Å². The average Bonchev–Trinajstić information content (AvgIpc) is 2.29. The highest BCUT2D eigenvalue weighted by molar-refractivity contribution is 9.09. The number of nitrogens with zero attached hydrogens (tertiary/aromatic N) is 1. The Morgan fingerprint density at radius 3 is 2.75 bits per heavy atom. The quantitative estimate of drug-likeness (QED) is 0.817. The van der Waals surface area contributed by atoms with Gasteiger partial charge >= 0.3 is 0 Å². The highest BCUT2D eigenvalue weighted by Gasteiger charge is 2.10. The molecule has 0 radical (unpaired) electrons. The number of hydrogen-bond acceptors (Lipinski definition) is 3. The number of nitrogens with one attached hydrogen (secondary N) is 1. The third-order valence-electron chi connectivity index (χ3n) is 2.51. The zero-order chi connectivity index (χ0) is 12.0. The fraction of sp³-hybridized carbons (Fsp3) is 0.583. The molecule has 90 valence electrons. The molecule has 0 aliphatic carbocycles. The molecule has 0 fully saturated rings. The first kappa shape index (κ1) is 13.5. The molecular formula is C12H19BrN2O. The number of hydrogen-bond donors (Lipinski definition) is 1. The number of pyridine rings is 1. The van der Waals surface area contributed by atoms with Crippen LogP contribution in [0, 0.1) is 5.92 Å². The lowest BCUT2D eigenvalue weighted by molar-refractivity contribution is 0.392. The van der Waals surface area contributed by atoms with Crippen LogP contribution in [0.4, 0.5) is 0 Å². The Bertz CT molecular complexity index is 318. The Hall–Kier alpha value is -0.610. The van der Waals surface area contributed by atoms with E-state index in [9.17, 15) is 0 Å². The Kier molecular flexibility index (Phi) is 5.77. The summed E-state index contributed by atoms with van der Waals surface area (Å²) in [5, 5.41) is 4.42. The van der Waals surface area contributed by atoms with Crippen molar-refractivity contribution in [1.82, 2.24) is 10.3 Å². The molecule has 1 unspecified atom stereocenters. The lowest BCUT2D eigenvalue weighted by Gasteiger charge is -2.19. The molecule has 1 rings (SSSR count). The second kappa shape index (κ2) is 6.86. The van der Waals surface area contributed by atoms with Crippen molar-refractivity contribution in [2.75, 3.05) is 12.4 Å². The minimum Gasteiger partial charge on any atom is -0.481 e. The van der Waals surface area contributed by atoms with Gasteiger partial charge in [0.2, 0.25) is 5.88 Å². The second-order valence-electron chi connectivity index (χ2n) is 4.06. The van der Waals surface area contributed by atoms with Crippen LogP contribution in [0.5, 0.6) is 5.88 Å². The molecule has 0 saturated heterocycles. The van der Waals surface area contributed by atoms with Crippen LogP contribution in [0.15, 0.2) is 18.2 Å². The summed E-state index contributed by atoms with van der Waals surface area (Å²) in [6.07, 6.45) is 0. The van der Waals surface area contributed by atoms with Gasteiger partial charge in [-0.2, -0.15) is 0 Å². The maximum absolute atomic E-state index is 5.09. The fourth-order valence-corrected chi connectivity index (χ4v) is 2.35. The van der Waals surface area contributed by atoms with E-state index in [1.165, 1.54) is 0 Å². The predicted molar refractivity (Wildman–Crippen MR) is 70.0 cm³/mol. The lowest BCUT2D eigenvalue weighted by atomic mass is 10.1. The van der Waals surface area contributed by atoms with Crippen molar-refractivity contribution < 1.29 is 4.74 Å². The van der Waals surface area contributed by atoms with Gasteiger partial charge in [0, 0.05) is 24.0 Å². The number of methoxy groups -OCH3 is 1. The molecule has 0 spiro atoms. The molecule has 1 aromatic rings. The van der Waals surface area contributed by atoms with Crippen LogP contribution in [-0.2, 0) is 6.54 Å². The standard InChI is InChI=1S/C12H19BrN2O/c1-9(2)11(7-13)14-8-10-5-4-6-12(15-10)16-3/h4-6,9,11,14H,7-8H2,1-3H3. The van der Waals surface area contributed by atoms with Crippen molar-refractivity contribution >= 4 is 15.9 Å². The normalized spacial score (nSPS) is 12.8. The van der Waals surface area contributed by atoms with E-state index in [0.29, 0.717) is 17.8 Å². The maximum atomic E-state index is 5.09. The minimum absolute atomic E-state index is 0.466. The van der Waals surface area contributed by atoms with Crippen molar-refractivity contribution in [2.24, 2.45) is 5.92 Å². The van der Waals surface area contributed by atoms with Crippen molar-refractivity contribution in [1.29, 1.82) is 0 Å².